The lowest BCUT2D eigenvalue weighted by atomic mass is 10.1. The van der Waals surface area contributed by atoms with Gasteiger partial charge in [0.1, 0.15) is 25.3 Å². The van der Waals surface area contributed by atoms with Crippen LogP contribution in [0.3, 0.4) is 0 Å². The molecule has 0 saturated carbocycles. The van der Waals surface area contributed by atoms with Gasteiger partial charge in [-0.15, -0.1) is 0 Å². The van der Waals surface area contributed by atoms with Crippen LogP contribution in [-0.2, 0) is 54.7 Å². The SMILES string of the molecule is COc1cc(/C=C/C(=O)CC(=O)/C=C/c2ccc(OC(=O)[C@H](Cc3c[nH]c4ccccc34)NC(=O)OCc3ccccc3)c(OC)c2)ccc1OC(=O)[C@H](Cc1c[nH]c2ccccc12)NC(=O)OCc1ccccc1. The van der Waals surface area contributed by atoms with E-state index >= 15 is 0 Å². The molecule has 0 aliphatic rings. The largest absolute Gasteiger partial charge is 0.493 e. The topological polar surface area (TPSA) is 213 Å². The van der Waals surface area contributed by atoms with Crippen LogP contribution >= 0.6 is 0 Å². The van der Waals surface area contributed by atoms with Crippen LogP contribution in [0.5, 0.6) is 23.0 Å². The third-order valence-electron chi connectivity index (χ3n) is 11.8. The fourth-order valence-corrected chi connectivity index (χ4v) is 8.01. The third-order valence-corrected chi connectivity index (χ3v) is 11.8. The zero-order valence-electron chi connectivity index (χ0n) is 40.9. The van der Waals surface area contributed by atoms with Gasteiger partial charge in [0.2, 0.25) is 0 Å². The molecule has 8 aromatic rings. The molecular formula is C59H52N4O12. The Morgan fingerprint density at radius 2 is 0.893 bits per heavy atom. The zero-order valence-corrected chi connectivity index (χ0v) is 40.9. The first-order valence-electron chi connectivity index (χ1n) is 23.8. The first-order chi connectivity index (χ1) is 36.5. The normalized spacial score (nSPS) is 12.0. The van der Waals surface area contributed by atoms with Crippen LogP contribution in [0.4, 0.5) is 9.59 Å². The number of nitrogens with one attached hydrogen (secondary N) is 4. The lowest BCUT2D eigenvalue weighted by Gasteiger charge is -2.18. The summed E-state index contributed by atoms with van der Waals surface area (Å²) in [7, 11) is 2.79. The van der Waals surface area contributed by atoms with Crippen LogP contribution in [0.1, 0.15) is 39.8 Å². The summed E-state index contributed by atoms with van der Waals surface area (Å²) in [6.07, 6.45) is 7.17. The smallest absolute Gasteiger partial charge is 0.408 e. The van der Waals surface area contributed by atoms with E-state index in [0.717, 1.165) is 44.1 Å². The van der Waals surface area contributed by atoms with Crippen molar-refractivity contribution >= 4 is 69.6 Å². The maximum Gasteiger partial charge on any atom is 0.408 e. The van der Waals surface area contributed by atoms with E-state index in [4.69, 9.17) is 28.4 Å². The molecule has 2 atom stereocenters. The van der Waals surface area contributed by atoms with E-state index in [1.807, 2.05) is 109 Å². The molecule has 0 spiro atoms. The molecule has 16 heteroatoms. The Labute approximate surface area is 431 Å². The van der Waals surface area contributed by atoms with Crippen LogP contribution in [0.15, 0.2) is 170 Å². The second-order valence-corrected chi connectivity index (χ2v) is 17.1. The predicted octanol–water partition coefficient (Wildman–Crippen LogP) is 9.81. The maximum absolute atomic E-state index is 13.8. The minimum atomic E-state index is -1.15. The van der Waals surface area contributed by atoms with Crippen molar-refractivity contribution in [2.45, 2.75) is 44.6 Å². The summed E-state index contributed by atoms with van der Waals surface area (Å²) < 4.78 is 33.5. The number of benzene rings is 6. The van der Waals surface area contributed by atoms with Crippen molar-refractivity contribution in [2.24, 2.45) is 0 Å². The van der Waals surface area contributed by atoms with Gasteiger partial charge in [-0.05, 0) is 81.9 Å². The highest BCUT2D eigenvalue weighted by molar-refractivity contribution is 6.11. The minimum absolute atomic E-state index is 0.00175. The number of esters is 2. The average Bonchev–Trinajstić information content (AvgIpc) is 4.05. The fourth-order valence-electron chi connectivity index (χ4n) is 8.01. The van der Waals surface area contributed by atoms with E-state index in [2.05, 4.69) is 20.6 Å². The molecule has 0 aliphatic carbocycles. The van der Waals surface area contributed by atoms with Crippen molar-refractivity contribution in [2.75, 3.05) is 14.2 Å². The fraction of sp³-hybridized carbons (Fsp3) is 0.153. The van der Waals surface area contributed by atoms with E-state index in [0.29, 0.717) is 11.1 Å². The van der Waals surface area contributed by atoms with Crippen LogP contribution in [0.25, 0.3) is 34.0 Å². The summed E-state index contributed by atoms with van der Waals surface area (Å²) in [5.41, 5.74) is 5.84. The lowest BCUT2D eigenvalue weighted by Crippen LogP contribution is -2.44. The molecule has 380 valence electrons. The Balaban J connectivity index is 0.867. The molecule has 6 aromatic carbocycles. The van der Waals surface area contributed by atoms with Crippen molar-refractivity contribution in [1.82, 2.24) is 20.6 Å². The molecule has 4 N–H and O–H groups in total. The number of alkyl carbamates (subject to hydrolysis) is 2. The zero-order chi connectivity index (χ0) is 52.5. The van der Waals surface area contributed by atoms with Gasteiger partial charge in [-0.1, -0.05) is 121 Å². The molecule has 2 amide bonds. The maximum atomic E-state index is 13.8. The third kappa shape index (κ3) is 14.3. The molecule has 8 rings (SSSR count). The Morgan fingerprint density at radius 3 is 1.31 bits per heavy atom. The number of amides is 2. The van der Waals surface area contributed by atoms with Gasteiger partial charge in [0.25, 0.3) is 0 Å². The van der Waals surface area contributed by atoms with Crippen LogP contribution in [0.2, 0.25) is 0 Å². The Hall–Kier alpha value is -9.70. The van der Waals surface area contributed by atoms with Crippen molar-refractivity contribution in [1.29, 1.82) is 0 Å². The van der Waals surface area contributed by atoms with Crippen molar-refractivity contribution < 1.29 is 57.2 Å². The lowest BCUT2D eigenvalue weighted by molar-refractivity contribution is -0.137. The van der Waals surface area contributed by atoms with E-state index in [1.165, 1.54) is 50.7 Å². The van der Waals surface area contributed by atoms with Gasteiger partial charge >= 0.3 is 24.1 Å². The number of allylic oxidation sites excluding steroid dienone is 2. The van der Waals surface area contributed by atoms with Gasteiger partial charge in [0.05, 0.1) is 20.6 Å². The summed E-state index contributed by atoms with van der Waals surface area (Å²) in [5, 5.41) is 7.07. The molecule has 0 unspecified atom stereocenters. The quantitative estimate of drug-likeness (QED) is 0.0216. The number of rotatable bonds is 22. The Morgan fingerprint density at radius 1 is 0.493 bits per heavy atom. The molecular weight excluding hydrogens is 957 g/mol. The van der Waals surface area contributed by atoms with Crippen LogP contribution < -0.4 is 29.6 Å². The molecule has 2 heterocycles. The Kier molecular flexibility index (Phi) is 17.3. The number of aromatic amines is 2. The van der Waals surface area contributed by atoms with Crippen LogP contribution in [0, 0.1) is 0 Å². The monoisotopic (exact) mass is 1010 g/mol. The summed E-state index contributed by atoms with van der Waals surface area (Å²) in [4.78, 5) is 85.8. The summed E-state index contributed by atoms with van der Waals surface area (Å²) >= 11 is 0. The molecule has 0 radical (unpaired) electrons. The van der Waals surface area contributed by atoms with Crippen LogP contribution in [-0.4, -0.2) is 72.0 Å². The second-order valence-electron chi connectivity index (χ2n) is 17.1. The number of aromatic nitrogens is 2. The number of hydrogen-bond donors (Lipinski definition) is 4. The van der Waals surface area contributed by atoms with Gasteiger partial charge in [-0.25, -0.2) is 19.2 Å². The van der Waals surface area contributed by atoms with Gasteiger partial charge in [0, 0.05) is 47.0 Å². The molecule has 16 nitrogen and oxygen atoms in total. The average molecular weight is 1010 g/mol. The van der Waals surface area contributed by atoms with E-state index in [1.54, 1.807) is 36.7 Å². The number of fused-ring (bicyclic) bond motifs is 2. The van der Waals surface area contributed by atoms with Gasteiger partial charge in [-0.3, -0.25) is 9.59 Å². The van der Waals surface area contributed by atoms with Crippen molar-refractivity contribution in [3.63, 3.8) is 0 Å². The number of ether oxygens (including phenoxy) is 6. The number of hydrogen-bond acceptors (Lipinski definition) is 12. The molecule has 75 heavy (non-hydrogen) atoms. The predicted molar refractivity (Wildman–Crippen MR) is 281 cm³/mol. The Bertz CT molecular complexity index is 3160. The molecule has 0 fully saturated rings. The summed E-state index contributed by atoms with van der Waals surface area (Å²) in [6.45, 7) is -0.00350. The van der Waals surface area contributed by atoms with Gasteiger partial charge < -0.3 is 49.0 Å². The molecule has 2 aromatic heterocycles. The number of carbonyl (C=O) groups excluding carboxylic acids is 6. The highest BCUT2D eigenvalue weighted by Crippen LogP contribution is 2.31. The number of H-pyrrole nitrogens is 2. The molecule has 0 aliphatic heterocycles. The second kappa shape index (κ2) is 25.1. The summed E-state index contributed by atoms with van der Waals surface area (Å²) in [5.74, 6) is -2.03. The van der Waals surface area contributed by atoms with E-state index in [9.17, 15) is 28.8 Å². The molecule has 0 bridgehead atoms. The first kappa shape index (κ1) is 51.6. The minimum Gasteiger partial charge on any atom is -0.493 e. The number of ketones is 2. The summed E-state index contributed by atoms with van der Waals surface area (Å²) in [6, 6.07) is 40.4. The number of carbonyl (C=O) groups is 6. The van der Waals surface area contributed by atoms with Crippen molar-refractivity contribution in [3.05, 3.63) is 204 Å². The number of methoxy groups -OCH3 is 2. The first-order valence-corrected chi connectivity index (χ1v) is 23.8. The standard InChI is InChI=1S/C59H52N4O12/c1-70-54-29-38(23-27-52(54)74-56(66)50(31-42-34-60-48-19-11-9-17-46(42)48)62-58(68)72-36-40-13-5-3-6-14-40)21-25-44(64)33-45(65)26-22-39-24-28-53(55(30-39)71-2)75-57(67)51(32-43-35-61-49-20-12-10-18-47(43)49)63-59(69)73-37-41-15-7-4-8-16-41/h3-30,34-35,50-51,60-61H,31-33,36-37H2,1-2H3,(H,62,68)(H,63,69)/b25-21+,26-22+/t50-,51-/m0/s1. The van der Waals surface area contributed by atoms with Gasteiger partial charge in [-0.2, -0.15) is 0 Å². The molecule has 0 saturated heterocycles. The number of para-hydroxylation sites is 2. The van der Waals surface area contributed by atoms with Gasteiger partial charge in [0.15, 0.2) is 34.6 Å². The van der Waals surface area contributed by atoms with Crippen molar-refractivity contribution in [3.8, 4) is 23.0 Å². The van der Waals surface area contributed by atoms with E-state index in [-0.39, 0.29) is 49.1 Å². The highest BCUT2D eigenvalue weighted by Gasteiger charge is 2.28. The highest BCUT2D eigenvalue weighted by atomic mass is 16.6. The van der Waals surface area contributed by atoms with E-state index < -0.39 is 54.2 Å².